The molecule has 31 heavy (non-hydrogen) atoms. The van der Waals surface area contributed by atoms with E-state index in [1.165, 1.54) is 0 Å². The van der Waals surface area contributed by atoms with E-state index in [2.05, 4.69) is 18.4 Å². The molecule has 0 atom stereocenters. The zero-order valence-electron chi connectivity index (χ0n) is 19.7. The number of hydrogen-bond donors (Lipinski definition) is 0. The van der Waals surface area contributed by atoms with E-state index in [0.717, 1.165) is 16.3 Å². The first-order valence-corrected chi connectivity index (χ1v) is 11.3. The second-order valence-corrected chi connectivity index (χ2v) is 9.86. The first kappa shape index (κ1) is 25.0. The summed E-state index contributed by atoms with van der Waals surface area (Å²) in [5.41, 5.74) is 1.57. The number of amides is 2. The van der Waals surface area contributed by atoms with Crippen molar-refractivity contribution in [2.45, 2.75) is 54.6 Å². The van der Waals surface area contributed by atoms with Crippen LogP contribution in [0.2, 0.25) is 5.02 Å². The third-order valence-corrected chi connectivity index (χ3v) is 5.52. The van der Waals surface area contributed by atoms with Crippen LogP contribution < -0.4 is 0 Å². The summed E-state index contributed by atoms with van der Waals surface area (Å²) in [4.78, 5) is 29.5. The van der Waals surface area contributed by atoms with Gasteiger partial charge in [0.25, 0.3) is 0 Å². The van der Waals surface area contributed by atoms with Gasteiger partial charge in [-0.15, -0.1) is 0 Å². The molecule has 1 aromatic carbocycles. The predicted molar refractivity (Wildman–Crippen MR) is 127 cm³/mol. The van der Waals surface area contributed by atoms with Gasteiger partial charge >= 0.3 is 0 Å². The van der Waals surface area contributed by atoms with Crippen molar-refractivity contribution in [1.82, 2.24) is 14.4 Å². The molecule has 0 aliphatic heterocycles. The van der Waals surface area contributed by atoms with Crippen molar-refractivity contribution in [3.05, 3.63) is 58.9 Å². The number of halogens is 1. The highest BCUT2D eigenvalue weighted by atomic mass is 35.5. The van der Waals surface area contributed by atoms with Crippen molar-refractivity contribution >= 4 is 23.4 Å². The van der Waals surface area contributed by atoms with Crippen molar-refractivity contribution < 1.29 is 9.59 Å². The Bertz CT molecular complexity index is 883. The summed E-state index contributed by atoms with van der Waals surface area (Å²) in [7, 11) is 0. The molecule has 0 unspecified atom stereocenters. The fraction of sp³-hybridized carbons (Fsp3) is 0.520. The molecule has 0 spiro atoms. The van der Waals surface area contributed by atoms with Crippen molar-refractivity contribution in [1.29, 1.82) is 0 Å². The van der Waals surface area contributed by atoms with Crippen molar-refractivity contribution in [2.24, 2.45) is 11.3 Å². The molecule has 1 heterocycles. The number of hydrogen-bond acceptors (Lipinski definition) is 2. The maximum absolute atomic E-state index is 13.2. The van der Waals surface area contributed by atoms with Crippen molar-refractivity contribution in [3.8, 4) is 0 Å². The number of rotatable bonds is 9. The summed E-state index contributed by atoms with van der Waals surface area (Å²) in [6.07, 6.45) is 2.01. The molecule has 5 nitrogen and oxygen atoms in total. The average molecular weight is 446 g/mol. The second-order valence-electron chi connectivity index (χ2n) is 9.46. The van der Waals surface area contributed by atoms with Gasteiger partial charge in [-0.25, -0.2) is 0 Å². The van der Waals surface area contributed by atoms with Gasteiger partial charge in [-0.2, -0.15) is 0 Å². The number of nitrogens with zero attached hydrogens (tertiary/aromatic N) is 3. The number of carbonyl (C=O) groups is 2. The van der Waals surface area contributed by atoms with E-state index >= 15 is 0 Å². The summed E-state index contributed by atoms with van der Waals surface area (Å²) in [5.74, 6) is 0.290. The van der Waals surface area contributed by atoms with Crippen LogP contribution >= 0.6 is 11.6 Å². The van der Waals surface area contributed by atoms with Gasteiger partial charge in [0.2, 0.25) is 11.8 Å². The highest BCUT2D eigenvalue weighted by Gasteiger charge is 2.29. The van der Waals surface area contributed by atoms with Crippen molar-refractivity contribution in [3.63, 3.8) is 0 Å². The smallest absolute Gasteiger partial charge is 0.242 e. The lowest BCUT2D eigenvalue weighted by Crippen LogP contribution is -2.47. The molecule has 170 valence electrons. The standard InChI is InChI=1S/C25H36ClN3O2/c1-7-27(24(31)25(4,5)6)18-23(30)29(15-19(2)3)17-21-12-10-14-28(21)16-20-11-8-9-13-22(20)26/h8-14,19H,7,15-18H2,1-6H3. The van der Waals surface area contributed by atoms with E-state index in [-0.39, 0.29) is 18.4 Å². The summed E-state index contributed by atoms with van der Waals surface area (Å²) in [6.45, 7) is 14.2. The number of aromatic nitrogens is 1. The SMILES string of the molecule is CCN(CC(=O)N(Cc1cccn1Cc1ccccc1Cl)CC(C)C)C(=O)C(C)(C)C. The highest BCUT2D eigenvalue weighted by Crippen LogP contribution is 2.20. The van der Waals surface area contributed by atoms with Crippen LogP contribution in [0.25, 0.3) is 0 Å². The van der Waals surface area contributed by atoms with E-state index in [9.17, 15) is 9.59 Å². The lowest BCUT2D eigenvalue weighted by molar-refractivity contribution is -0.145. The highest BCUT2D eigenvalue weighted by molar-refractivity contribution is 6.31. The predicted octanol–water partition coefficient (Wildman–Crippen LogP) is 5.07. The van der Waals surface area contributed by atoms with E-state index < -0.39 is 5.41 Å². The lowest BCUT2D eigenvalue weighted by atomic mass is 9.94. The molecule has 1 aromatic heterocycles. The Morgan fingerprint density at radius 3 is 2.32 bits per heavy atom. The van der Waals surface area contributed by atoms with Gasteiger partial charge in [-0.3, -0.25) is 9.59 Å². The van der Waals surface area contributed by atoms with Gasteiger partial charge in [-0.1, -0.05) is 64.4 Å². The molecule has 2 amide bonds. The molecule has 0 saturated heterocycles. The van der Waals surface area contributed by atoms with Crippen LogP contribution in [0.5, 0.6) is 0 Å². The molecule has 0 N–H and O–H groups in total. The quantitative estimate of drug-likeness (QED) is 0.541. The fourth-order valence-electron chi connectivity index (χ4n) is 3.51. The van der Waals surface area contributed by atoms with E-state index in [0.29, 0.717) is 32.1 Å². The molecule has 0 fully saturated rings. The van der Waals surface area contributed by atoms with Crippen LogP contribution in [-0.4, -0.2) is 45.8 Å². The van der Waals surface area contributed by atoms with Gasteiger partial charge < -0.3 is 14.4 Å². The van der Waals surface area contributed by atoms with Gasteiger partial charge in [0.05, 0.1) is 13.1 Å². The third-order valence-electron chi connectivity index (χ3n) is 5.15. The van der Waals surface area contributed by atoms with E-state index in [4.69, 9.17) is 11.6 Å². The van der Waals surface area contributed by atoms with Crippen LogP contribution in [0.3, 0.4) is 0 Å². The second kappa shape index (κ2) is 10.9. The first-order chi connectivity index (χ1) is 14.5. The zero-order valence-corrected chi connectivity index (χ0v) is 20.4. The Kier molecular flexibility index (Phi) is 8.75. The molecule has 2 aromatic rings. The first-order valence-electron chi connectivity index (χ1n) is 11.0. The van der Waals surface area contributed by atoms with Crippen LogP contribution in [0.15, 0.2) is 42.6 Å². The minimum absolute atomic E-state index is 0.00468. The Hall–Kier alpha value is -2.27. The molecule has 6 heteroatoms. The molecular weight excluding hydrogens is 410 g/mol. The number of carbonyl (C=O) groups excluding carboxylic acids is 2. The topological polar surface area (TPSA) is 45.6 Å². The average Bonchev–Trinajstić information content (AvgIpc) is 3.12. The Morgan fingerprint density at radius 1 is 1.06 bits per heavy atom. The van der Waals surface area contributed by atoms with E-state index in [1.54, 1.807) is 4.90 Å². The molecule has 0 radical (unpaired) electrons. The molecular formula is C25H36ClN3O2. The summed E-state index contributed by atoms with van der Waals surface area (Å²) in [5, 5.41) is 0.733. The van der Waals surface area contributed by atoms with Gasteiger partial charge in [0.1, 0.15) is 0 Å². The number of benzene rings is 1. The van der Waals surface area contributed by atoms with Gasteiger partial charge in [0.15, 0.2) is 0 Å². The van der Waals surface area contributed by atoms with Crippen LogP contribution in [0.4, 0.5) is 0 Å². The Balaban J connectivity index is 2.19. The zero-order chi connectivity index (χ0) is 23.2. The number of likely N-dealkylation sites (N-methyl/N-ethyl adjacent to an activating group) is 1. The monoisotopic (exact) mass is 445 g/mol. The summed E-state index contributed by atoms with van der Waals surface area (Å²) in [6, 6.07) is 11.8. The Morgan fingerprint density at radius 2 is 1.74 bits per heavy atom. The molecule has 0 bridgehead atoms. The fourth-order valence-corrected chi connectivity index (χ4v) is 3.71. The van der Waals surface area contributed by atoms with Gasteiger partial charge in [-0.05, 0) is 36.6 Å². The van der Waals surface area contributed by atoms with Crippen LogP contribution in [-0.2, 0) is 22.7 Å². The minimum atomic E-state index is -0.511. The van der Waals surface area contributed by atoms with E-state index in [1.807, 2.05) is 75.2 Å². The lowest BCUT2D eigenvalue weighted by Gasteiger charge is -2.31. The van der Waals surface area contributed by atoms with Crippen LogP contribution in [0.1, 0.15) is 52.8 Å². The maximum Gasteiger partial charge on any atom is 0.242 e. The van der Waals surface area contributed by atoms with Crippen molar-refractivity contribution in [2.75, 3.05) is 19.6 Å². The molecule has 0 aliphatic carbocycles. The summed E-state index contributed by atoms with van der Waals surface area (Å²) >= 11 is 6.34. The molecule has 2 rings (SSSR count). The minimum Gasteiger partial charge on any atom is -0.345 e. The van der Waals surface area contributed by atoms with Crippen LogP contribution in [0, 0.1) is 11.3 Å². The van der Waals surface area contributed by atoms with Gasteiger partial charge in [0, 0.05) is 42.0 Å². The Labute approximate surface area is 192 Å². The maximum atomic E-state index is 13.2. The summed E-state index contributed by atoms with van der Waals surface area (Å²) < 4.78 is 2.12. The largest absolute Gasteiger partial charge is 0.345 e. The molecule has 0 aliphatic rings. The normalized spacial score (nSPS) is 11.6. The molecule has 0 saturated carbocycles. The third kappa shape index (κ3) is 7.13.